The van der Waals surface area contributed by atoms with Gasteiger partial charge in [0.15, 0.2) is 5.65 Å². The van der Waals surface area contributed by atoms with Gasteiger partial charge >= 0.3 is 0 Å². The summed E-state index contributed by atoms with van der Waals surface area (Å²) in [6, 6.07) is 27.8. The van der Waals surface area contributed by atoms with E-state index < -0.39 is 0 Å². The number of hydrogen-bond acceptors (Lipinski definition) is 6. The maximum absolute atomic E-state index is 6.55. The number of nitrogens with two attached hydrogens (primary N) is 1. The number of anilines is 2. The fourth-order valence-corrected chi connectivity index (χ4v) is 3.77. The van der Waals surface area contributed by atoms with Crippen LogP contribution in [0, 0.1) is 0 Å². The van der Waals surface area contributed by atoms with Crippen molar-refractivity contribution in [1.82, 2.24) is 19.7 Å². The third kappa shape index (κ3) is 4.21. The number of benzene rings is 3. The number of ether oxygens (including phenoxy) is 1. The second kappa shape index (κ2) is 9.00. The predicted octanol–water partition coefficient (Wildman–Crippen LogP) is 4.73. The lowest BCUT2D eigenvalue weighted by Gasteiger charge is -2.09. The molecule has 7 heteroatoms. The van der Waals surface area contributed by atoms with Gasteiger partial charge in [0.25, 0.3) is 0 Å². The van der Waals surface area contributed by atoms with Gasteiger partial charge in [-0.2, -0.15) is 4.98 Å². The standard InChI is InChI=1S/C26H24N6O/c1-33-21-14-12-18(13-15-21)16-17-28-26-29-23(19-8-4-2-5-9-19)22-24(27)32(31-25(22)30-26)20-10-6-3-7-11-20/h2-15H,16-17,27H2,1H3,(H,28,30,31). The Balaban J connectivity index is 1.50. The molecule has 5 aromatic rings. The Morgan fingerprint density at radius 2 is 1.58 bits per heavy atom. The van der Waals surface area contributed by atoms with Gasteiger partial charge in [0.2, 0.25) is 5.95 Å². The lowest BCUT2D eigenvalue weighted by molar-refractivity contribution is 0.414. The number of rotatable bonds is 7. The smallest absolute Gasteiger partial charge is 0.225 e. The first-order chi connectivity index (χ1) is 16.2. The number of aromatic nitrogens is 4. The molecule has 3 N–H and O–H groups in total. The molecular formula is C26H24N6O. The number of fused-ring (bicyclic) bond motifs is 1. The van der Waals surface area contributed by atoms with Crippen LogP contribution in [-0.2, 0) is 6.42 Å². The van der Waals surface area contributed by atoms with Gasteiger partial charge in [-0.3, -0.25) is 0 Å². The van der Waals surface area contributed by atoms with Crippen molar-refractivity contribution in [3.8, 4) is 22.7 Å². The molecule has 0 saturated carbocycles. The Morgan fingerprint density at radius 1 is 0.879 bits per heavy atom. The van der Waals surface area contributed by atoms with Crippen molar-refractivity contribution < 1.29 is 4.74 Å². The summed E-state index contributed by atoms with van der Waals surface area (Å²) in [6.07, 6.45) is 0.826. The van der Waals surface area contributed by atoms with Gasteiger partial charge in [-0.1, -0.05) is 60.7 Å². The minimum absolute atomic E-state index is 0.514. The molecule has 0 spiro atoms. The number of para-hydroxylation sites is 1. The van der Waals surface area contributed by atoms with Crippen molar-refractivity contribution in [1.29, 1.82) is 0 Å². The van der Waals surface area contributed by atoms with Crippen molar-refractivity contribution >= 4 is 22.8 Å². The van der Waals surface area contributed by atoms with Crippen LogP contribution in [0.3, 0.4) is 0 Å². The molecule has 0 saturated heterocycles. The monoisotopic (exact) mass is 436 g/mol. The van der Waals surface area contributed by atoms with Crippen LogP contribution in [0.15, 0.2) is 84.9 Å². The van der Waals surface area contributed by atoms with Crippen LogP contribution in [0.4, 0.5) is 11.8 Å². The van der Waals surface area contributed by atoms with Gasteiger partial charge in [-0.05, 0) is 36.2 Å². The van der Waals surface area contributed by atoms with E-state index in [0.29, 0.717) is 24.0 Å². The number of nitrogens with one attached hydrogen (secondary N) is 1. The van der Waals surface area contributed by atoms with E-state index in [0.717, 1.165) is 34.5 Å². The van der Waals surface area contributed by atoms with E-state index in [1.807, 2.05) is 72.8 Å². The predicted molar refractivity (Wildman–Crippen MR) is 132 cm³/mol. The van der Waals surface area contributed by atoms with Crippen LogP contribution in [0.1, 0.15) is 5.56 Å². The van der Waals surface area contributed by atoms with Gasteiger partial charge in [0.1, 0.15) is 11.6 Å². The zero-order chi connectivity index (χ0) is 22.6. The summed E-state index contributed by atoms with van der Waals surface area (Å²) < 4.78 is 6.94. The lowest BCUT2D eigenvalue weighted by atomic mass is 10.1. The Labute approximate surface area is 191 Å². The highest BCUT2D eigenvalue weighted by atomic mass is 16.5. The third-order valence-electron chi connectivity index (χ3n) is 5.47. The number of nitrogens with zero attached hydrogens (tertiary/aromatic N) is 4. The molecule has 3 aromatic carbocycles. The molecule has 0 aliphatic rings. The van der Waals surface area contributed by atoms with Gasteiger partial charge < -0.3 is 15.8 Å². The maximum atomic E-state index is 6.55. The van der Waals surface area contributed by atoms with Crippen molar-refractivity contribution in [2.75, 3.05) is 24.7 Å². The van der Waals surface area contributed by atoms with E-state index in [-0.39, 0.29) is 0 Å². The number of hydrogen-bond donors (Lipinski definition) is 2. The van der Waals surface area contributed by atoms with Crippen molar-refractivity contribution in [3.63, 3.8) is 0 Å². The second-order valence-electron chi connectivity index (χ2n) is 7.62. The molecule has 0 unspecified atom stereocenters. The van der Waals surface area contributed by atoms with Crippen LogP contribution < -0.4 is 15.8 Å². The van der Waals surface area contributed by atoms with E-state index in [1.54, 1.807) is 11.8 Å². The van der Waals surface area contributed by atoms with E-state index >= 15 is 0 Å². The third-order valence-corrected chi connectivity index (χ3v) is 5.47. The van der Waals surface area contributed by atoms with Crippen LogP contribution in [0.25, 0.3) is 28.0 Å². The SMILES string of the molecule is COc1ccc(CCNc2nc(-c3ccccc3)c3c(N)n(-c4ccccc4)nc3n2)cc1. The molecule has 0 fully saturated rings. The first-order valence-electron chi connectivity index (χ1n) is 10.8. The summed E-state index contributed by atoms with van der Waals surface area (Å²) in [5.41, 5.74) is 10.9. The Morgan fingerprint density at radius 3 is 2.27 bits per heavy atom. The molecule has 0 amide bonds. The molecule has 0 aliphatic carbocycles. The van der Waals surface area contributed by atoms with Crippen molar-refractivity contribution in [2.45, 2.75) is 6.42 Å². The molecule has 0 atom stereocenters. The Kier molecular flexibility index (Phi) is 5.59. The Hall–Kier alpha value is -4.39. The molecule has 0 bridgehead atoms. The minimum atomic E-state index is 0.514. The average Bonchev–Trinajstić information content (AvgIpc) is 3.21. The highest BCUT2D eigenvalue weighted by Crippen LogP contribution is 2.32. The molecule has 2 aromatic heterocycles. The summed E-state index contributed by atoms with van der Waals surface area (Å²) >= 11 is 0. The average molecular weight is 437 g/mol. The topological polar surface area (TPSA) is 90.9 Å². The molecule has 0 radical (unpaired) electrons. The minimum Gasteiger partial charge on any atom is -0.497 e. The summed E-state index contributed by atoms with van der Waals surface area (Å²) in [7, 11) is 1.67. The molecule has 2 heterocycles. The van der Waals surface area contributed by atoms with Crippen LogP contribution in [0.2, 0.25) is 0 Å². The van der Waals surface area contributed by atoms with Gasteiger partial charge in [0.05, 0.1) is 23.9 Å². The van der Waals surface area contributed by atoms with Gasteiger partial charge in [-0.15, -0.1) is 5.10 Å². The largest absolute Gasteiger partial charge is 0.497 e. The van der Waals surface area contributed by atoms with E-state index in [4.69, 9.17) is 20.6 Å². The van der Waals surface area contributed by atoms with Gasteiger partial charge in [-0.25, -0.2) is 9.67 Å². The van der Waals surface area contributed by atoms with E-state index in [1.165, 1.54) is 5.56 Å². The second-order valence-corrected chi connectivity index (χ2v) is 7.62. The maximum Gasteiger partial charge on any atom is 0.225 e. The van der Waals surface area contributed by atoms with Crippen LogP contribution >= 0.6 is 0 Å². The molecule has 5 rings (SSSR count). The molecular weight excluding hydrogens is 412 g/mol. The zero-order valence-corrected chi connectivity index (χ0v) is 18.3. The summed E-state index contributed by atoms with van der Waals surface area (Å²) in [5.74, 6) is 1.88. The highest BCUT2D eigenvalue weighted by molar-refractivity contribution is 5.99. The van der Waals surface area contributed by atoms with Crippen LogP contribution in [0.5, 0.6) is 5.75 Å². The fraction of sp³-hybridized carbons (Fsp3) is 0.115. The fourth-order valence-electron chi connectivity index (χ4n) is 3.77. The quantitative estimate of drug-likeness (QED) is 0.383. The lowest BCUT2D eigenvalue weighted by Crippen LogP contribution is -2.09. The van der Waals surface area contributed by atoms with Crippen molar-refractivity contribution in [3.05, 3.63) is 90.5 Å². The molecule has 33 heavy (non-hydrogen) atoms. The summed E-state index contributed by atoms with van der Waals surface area (Å²) in [4.78, 5) is 9.49. The Bertz CT molecular complexity index is 1370. The summed E-state index contributed by atoms with van der Waals surface area (Å²) in [5, 5.41) is 8.79. The van der Waals surface area contributed by atoms with E-state index in [2.05, 4.69) is 22.4 Å². The first-order valence-corrected chi connectivity index (χ1v) is 10.8. The van der Waals surface area contributed by atoms with Crippen molar-refractivity contribution in [2.24, 2.45) is 0 Å². The normalized spacial score (nSPS) is 10.9. The molecule has 7 nitrogen and oxygen atoms in total. The number of methoxy groups -OCH3 is 1. The van der Waals surface area contributed by atoms with E-state index in [9.17, 15) is 0 Å². The van der Waals surface area contributed by atoms with Crippen LogP contribution in [-0.4, -0.2) is 33.4 Å². The van der Waals surface area contributed by atoms with Gasteiger partial charge in [0, 0.05) is 12.1 Å². The number of nitrogen functional groups attached to an aromatic ring is 1. The molecule has 0 aliphatic heterocycles. The molecule has 164 valence electrons. The highest BCUT2D eigenvalue weighted by Gasteiger charge is 2.19. The zero-order valence-electron chi connectivity index (χ0n) is 18.3. The summed E-state index contributed by atoms with van der Waals surface area (Å²) in [6.45, 7) is 0.681. The first kappa shape index (κ1) is 20.5.